The monoisotopic (exact) mass is 373 g/mol. The number of hydrogen-bond acceptors (Lipinski definition) is 6. The fourth-order valence-corrected chi connectivity index (χ4v) is 3.36. The minimum absolute atomic E-state index is 0.0101. The van der Waals surface area contributed by atoms with E-state index in [2.05, 4.69) is 4.90 Å². The van der Waals surface area contributed by atoms with Crippen molar-refractivity contribution in [3.8, 4) is 5.75 Å². The number of nitrogens with zero attached hydrogens (tertiary/aromatic N) is 3. The summed E-state index contributed by atoms with van der Waals surface area (Å²) in [7, 11) is 1.42. The molecule has 2 aromatic rings. The molecule has 144 valence electrons. The van der Waals surface area contributed by atoms with Crippen LogP contribution >= 0.6 is 0 Å². The first-order valence-corrected chi connectivity index (χ1v) is 8.79. The van der Waals surface area contributed by atoms with Crippen LogP contribution in [-0.2, 0) is 6.54 Å². The maximum atomic E-state index is 12.6. The number of ether oxygens (including phenoxy) is 1. The molecule has 1 aliphatic heterocycles. The number of benzene rings is 1. The van der Waals surface area contributed by atoms with Crippen molar-refractivity contribution in [1.82, 2.24) is 9.80 Å². The summed E-state index contributed by atoms with van der Waals surface area (Å²) >= 11 is 0. The zero-order valence-corrected chi connectivity index (χ0v) is 15.7. The molecule has 8 heteroatoms. The van der Waals surface area contributed by atoms with Crippen molar-refractivity contribution in [2.24, 2.45) is 0 Å². The lowest BCUT2D eigenvalue weighted by Crippen LogP contribution is -2.48. The van der Waals surface area contributed by atoms with Crippen molar-refractivity contribution < 1.29 is 18.9 Å². The number of hydrogen-bond donors (Lipinski definition) is 0. The van der Waals surface area contributed by atoms with E-state index in [0.29, 0.717) is 44.0 Å². The molecule has 0 unspecified atom stereocenters. The first-order valence-electron chi connectivity index (χ1n) is 8.79. The van der Waals surface area contributed by atoms with E-state index in [1.165, 1.54) is 7.11 Å². The Bertz CT molecular complexity index is 853. The first-order chi connectivity index (χ1) is 12.9. The van der Waals surface area contributed by atoms with E-state index in [1.807, 2.05) is 17.9 Å². The molecule has 0 spiro atoms. The number of carbonyl (C=O) groups excluding carboxylic acids is 1. The van der Waals surface area contributed by atoms with E-state index in [-0.39, 0.29) is 17.3 Å². The summed E-state index contributed by atoms with van der Waals surface area (Å²) in [6, 6.07) is 6.78. The summed E-state index contributed by atoms with van der Waals surface area (Å²) in [6.07, 6.45) is 0. The minimum Gasteiger partial charge on any atom is -0.490 e. The van der Waals surface area contributed by atoms with Crippen molar-refractivity contribution in [3.05, 3.63) is 57.0 Å². The topological polar surface area (TPSA) is 89.1 Å². The Balaban J connectivity index is 1.61. The Morgan fingerprint density at radius 3 is 2.48 bits per heavy atom. The van der Waals surface area contributed by atoms with E-state index >= 15 is 0 Å². The van der Waals surface area contributed by atoms with Crippen molar-refractivity contribution in [3.63, 3.8) is 0 Å². The van der Waals surface area contributed by atoms with Gasteiger partial charge in [0.2, 0.25) is 0 Å². The van der Waals surface area contributed by atoms with Crippen LogP contribution in [0.5, 0.6) is 5.75 Å². The molecule has 0 radical (unpaired) electrons. The van der Waals surface area contributed by atoms with Gasteiger partial charge in [0.1, 0.15) is 11.5 Å². The van der Waals surface area contributed by atoms with Gasteiger partial charge in [-0.2, -0.15) is 0 Å². The summed E-state index contributed by atoms with van der Waals surface area (Å²) < 4.78 is 10.5. The number of rotatable bonds is 5. The molecule has 0 N–H and O–H groups in total. The van der Waals surface area contributed by atoms with Crippen LogP contribution in [0, 0.1) is 24.0 Å². The van der Waals surface area contributed by atoms with Crippen LogP contribution in [0.15, 0.2) is 28.7 Å². The minimum atomic E-state index is -0.436. The van der Waals surface area contributed by atoms with Crippen LogP contribution in [0.25, 0.3) is 0 Å². The molecule has 1 saturated heterocycles. The SMILES string of the molecule is COc1ccc(CN2CCN(C(=O)c3cc(C)oc3C)CC2)cc1[N+](=O)[O-]. The van der Waals surface area contributed by atoms with E-state index in [1.54, 1.807) is 25.1 Å². The van der Waals surface area contributed by atoms with Crippen molar-refractivity contribution in [2.75, 3.05) is 33.3 Å². The average Bonchev–Trinajstić information content (AvgIpc) is 2.99. The van der Waals surface area contributed by atoms with Gasteiger partial charge in [-0.05, 0) is 31.5 Å². The molecule has 0 atom stereocenters. The Kier molecular flexibility index (Phi) is 5.46. The fourth-order valence-electron chi connectivity index (χ4n) is 3.36. The lowest BCUT2D eigenvalue weighted by atomic mass is 10.1. The van der Waals surface area contributed by atoms with Gasteiger partial charge in [-0.1, -0.05) is 6.07 Å². The van der Waals surface area contributed by atoms with E-state index in [4.69, 9.17) is 9.15 Å². The van der Waals surface area contributed by atoms with E-state index in [0.717, 1.165) is 11.3 Å². The third kappa shape index (κ3) is 4.11. The number of nitro groups is 1. The van der Waals surface area contributed by atoms with Crippen LogP contribution in [0.2, 0.25) is 0 Å². The fraction of sp³-hybridized carbons (Fsp3) is 0.421. The van der Waals surface area contributed by atoms with Gasteiger partial charge in [-0.25, -0.2) is 0 Å². The second-order valence-corrected chi connectivity index (χ2v) is 6.66. The normalized spacial score (nSPS) is 15.0. The highest BCUT2D eigenvalue weighted by Crippen LogP contribution is 2.28. The van der Waals surface area contributed by atoms with Crippen LogP contribution in [0.1, 0.15) is 27.4 Å². The molecule has 2 heterocycles. The largest absolute Gasteiger partial charge is 0.490 e. The van der Waals surface area contributed by atoms with Gasteiger partial charge in [0.25, 0.3) is 5.91 Å². The van der Waals surface area contributed by atoms with Gasteiger partial charge >= 0.3 is 5.69 Å². The molecule has 3 rings (SSSR count). The van der Waals surface area contributed by atoms with Crippen LogP contribution < -0.4 is 4.74 Å². The summed E-state index contributed by atoms with van der Waals surface area (Å²) in [4.78, 5) is 27.4. The summed E-state index contributed by atoms with van der Waals surface area (Å²) in [6.45, 7) is 6.87. The number of carbonyl (C=O) groups is 1. The second-order valence-electron chi connectivity index (χ2n) is 6.66. The number of amides is 1. The van der Waals surface area contributed by atoms with Crippen LogP contribution in [0.3, 0.4) is 0 Å². The summed E-state index contributed by atoms with van der Waals surface area (Å²) in [5.41, 5.74) is 1.44. The number of piperazine rings is 1. The molecule has 0 saturated carbocycles. The quantitative estimate of drug-likeness (QED) is 0.591. The van der Waals surface area contributed by atoms with E-state index in [9.17, 15) is 14.9 Å². The van der Waals surface area contributed by atoms with Gasteiger partial charge in [-0.15, -0.1) is 0 Å². The second kappa shape index (κ2) is 7.79. The maximum absolute atomic E-state index is 12.6. The zero-order valence-electron chi connectivity index (χ0n) is 15.7. The third-order valence-electron chi connectivity index (χ3n) is 4.78. The molecule has 1 aromatic heterocycles. The first kappa shape index (κ1) is 18.9. The number of furan rings is 1. The molecule has 1 fully saturated rings. The average molecular weight is 373 g/mol. The number of nitro benzene ring substituents is 1. The standard InChI is InChI=1S/C19H23N3O5/c1-13-10-16(14(2)27-13)19(23)21-8-6-20(7-9-21)12-15-4-5-18(26-3)17(11-15)22(24)25/h4-5,10-11H,6-9,12H2,1-3H3. The van der Waals surface area contributed by atoms with Gasteiger partial charge in [0, 0.05) is 38.8 Å². The molecule has 1 amide bonds. The Morgan fingerprint density at radius 1 is 1.22 bits per heavy atom. The molecule has 27 heavy (non-hydrogen) atoms. The molecule has 8 nitrogen and oxygen atoms in total. The highest BCUT2D eigenvalue weighted by molar-refractivity contribution is 5.95. The molecular weight excluding hydrogens is 350 g/mol. The lowest BCUT2D eigenvalue weighted by molar-refractivity contribution is -0.385. The van der Waals surface area contributed by atoms with Crippen molar-refractivity contribution >= 4 is 11.6 Å². The summed E-state index contributed by atoms with van der Waals surface area (Å²) in [5.74, 6) is 1.62. The number of aryl methyl sites for hydroxylation is 2. The van der Waals surface area contributed by atoms with Crippen molar-refractivity contribution in [2.45, 2.75) is 20.4 Å². The highest BCUT2D eigenvalue weighted by Gasteiger charge is 2.25. The predicted octanol–water partition coefficient (Wildman–Crippen LogP) is 2.77. The smallest absolute Gasteiger partial charge is 0.311 e. The number of methoxy groups -OCH3 is 1. The van der Waals surface area contributed by atoms with Crippen LogP contribution in [0.4, 0.5) is 5.69 Å². The van der Waals surface area contributed by atoms with Gasteiger partial charge in [0.05, 0.1) is 17.6 Å². The predicted molar refractivity (Wildman–Crippen MR) is 99.0 cm³/mol. The van der Waals surface area contributed by atoms with Crippen LogP contribution in [-0.4, -0.2) is 53.9 Å². The van der Waals surface area contributed by atoms with Gasteiger partial charge in [0.15, 0.2) is 5.75 Å². The van der Waals surface area contributed by atoms with E-state index < -0.39 is 4.92 Å². The van der Waals surface area contributed by atoms with Crippen molar-refractivity contribution in [1.29, 1.82) is 0 Å². The molecule has 1 aromatic carbocycles. The lowest BCUT2D eigenvalue weighted by Gasteiger charge is -2.34. The molecule has 0 aliphatic carbocycles. The maximum Gasteiger partial charge on any atom is 0.311 e. The van der Waals surface area contributed by atoms with Gasteiger partial charge in [-0.3, -0.25) is 19.8 Å². The third-order valence-corrected chi connectivity index (χ3v) is 4.78. The molecule has 1 aliphatic rings. The Morgan fingerprint density at radius 2 is 1.93 bits per heavy atom. The van der Waals surface area contributed by atoms with Gasteiger partial charge < -0.3 is 14.1 Å². The summed E-state index contributed by atoms with van der Waals surface area (Å²) in [5, 5.41) is 11.2. The Labute approximate surface area is 157 Å². The zero-order chi connectivity index (χ0) is 19.6. The Hall–Kier alpha value is -2.87. The molecule has 0 bridgehead atoms. The highest BCUT2D eigenvalue weighted by atomic mass is 16.6. The molecular formula is C19H23N3O5.